The molecule has 0 spiro atoms. The van der Waals surface area contributed by atoms with Crippen LogP contribution in [0.3, 0.4) is 0 Å². The summed E-state index contributed by atoms with van der Waals surface area (Å²) in [6, 6.07) is 18.7. The van der Waals surface area contributed by atoms with Gasteiger partial charge in [-0.25, -0.2) is 4.98 Å². The molecule has 0 saturated carbocycles. The van der Waals surface area contributed by atoms with Crippen LogP contribution in [-0.4, -0.2) is 19.9 Å². The van der Waals surface area contributed by atoms with Gasteiger partial charge in [0, 0.05) is 12.7 Å². The molecule has 0 atom stereocenters. The summed E-state index contributed by atoms with van der Waals surface area (Å²) in [6.07, 6.45) is 3.26. The molecule has 0 saturated heterocycles. The van der Waals surface area contributed by atoms with E-state index in [0.29, 0.717) is 34.7 Å². The molecule has 1 amide bonds. The number of hydrogen-bond donors (Lipinski definition) is 1. The van der Waals surface area contributed by atoms with Crippen molar-refractivity contribution < 1.29 is 9.21 Å². The maximum atomic E-state index is 13.2. The summed E-state index contributed by atoms with van der Waals surface area (Å²) < 4.78 is 8.63. The van der Waals surface area contributed by atoms with E-state index in [-0.39, 0.29) is 18.0 Å². The SMILES string of the molecule is Cc1cccn2c(=O)c3cc(C(=O)NCc4ccco4)n(Cc4ccccc4)c3nc12. The van der Waals surface area contributed by atoms with Gasteiger partial charge in [0.1, 0.15) is 22.7 Å². The molecule has 1 aromatic carbocycles. The van der Waals surface area contributed by atoms with E-state index < -0.39 is 0 Å². The Hall–Kier alpha value is -4.13. The molecular weight excluding hydrogens is 392 g/mol. The molecule has 4 aromatic heterocycles. The van der Waals surface area contributed by atoms with Crippen molar-refractivity contribution in [2.75, 3.05) is 0 Å². The number of carbonyl (C=O) groups excluding carboxylic acids is 1. The molecule has 0 aliphatic rings. The zero-order valence-corrected chi connectivity index (χ0v) is 16.9. The lowest BCUT2D eigenvalue weighted by Gasteiger charge is -2.11. The molecule has 0 bridgehead atoms. The molecule has 0 unspecified atom stereocenters. The van der Waals surface area contributed by atoms with Crippen LogP contribution in [0.1, 0.15) is 27.4 Å². The maximum Gasteiger partial charge on any atom is 0.268 e. The number of pyridine rings is 1. The molecular formula is C24H20N4O3. The van der Waals surface area contributed by atoms with Crippen LogP contribution >= 0.6 is 0 Å². The molecule has 5 aromatic rings. The number of carbonyl (C=O) groups is 1. The topological polar surface area (TPSA) is 81.5 Å². The van der Waals surface area contributed by atoms with Crippen LogP contribution in [0, 0.1) is 6.92 Å². The Labute approximate surface area is 177 Å². The van der Waals surface area contributed by atoms with Crippen LogP contribution in [0.25, 0.3) is 16.7 Å². The highest BCUT2D eigenvalue weighted by Crippen LogP contribution is 2.20. The van der Waals surface area contributed by atoms with Crippen molar-refractivity contribution in [2.45, 2.75) is 20.0 Å². The fourth-order valence-electron chi connectivity index (χ4n) is 3.75. The van der Waals surface area contributed by atoms with Gasteiger partial charge < -0.3 is 14.3 Å². The van der Waals surface area contributed by atoms with Gasteiger partial charge in [-0.15, -0.1) is 0 Å². The van der Waals surface area contributed by atoms with E-state index in [2.05, 4.69) is 5.32 Å². The van der Waals surface area contributed by atoms with E-state index in [9.17, 15) is 9.59 Å². The summed E-state index contributed by atoms with van der Waals surface area (Å²) in [5.74, 6) is 0.356. The fraction of sp³-hybridized carbons (Fsp3) is 0.125. The molecule has 4 heterocycles. The van der Waals surface area contributed by atoms with Gasteiger partial charge in [0.2, 0.25) is 0 Å². The quantitative estimate of drug-likeness (QED) is 0.479. The maximum absolute atomic E-state index is 13.2. The highest BCUT2D eigenvalue weighted by atomic mass is 16.3. The normalized spacial score (nSPS) is 11.3. The number of benzene rings is 1. The average Bonchev–Trinajstić information content (AvgIpc) is 3.43. The number of hydrogen-bond acceptors (Lipinski definition) is 4. The number of amides is 1. The van der Waals surface area contributed by atoms with Gasteiger partial charge in [0.05, 0.1) is 18.2 Å². The predicted molar refractivity (Wildman–Crippen MR) is 117 cm³/mol. The minimum absolute atomic E-state index is 0.199. The first-order valence-corrected chi connectivity index (χ1v) is 9.97. The molecule has 0 fully saturated rings. The molecule has 0 radical (unpaired) electrons. The summed E-state index contributed by atoms with van der Waals surface area (Å²) >= 11 is 0. The van der Waals surface area contributed by atoms with Crippen LogP contribution in [0.5, 0.6) is 0 Å². The zero-order valence-electron chi connectivity index (χ0n) is 16.9. The van der Waals surface area contributed by atoms with Crippen molar-refractivity contribution >= 4 is 22.6 Å². The third-order valence-corrected chi connectivity index (χ3v) is 5.31. The van der Waals surface area contributed by atoms with Crippen LogP contribution < -0.4 is 10.9 Å². The van der Waals surface area contributed by atoms with Crippen molar-refractivity contribution in [1.82, 2.24) is 19.3 Å². The summed E-state index contributed by atoms with van der Waals surface area (Å²) in [5, 5.41) is 3.28. The lowest BCUT2D eigenvalue weighted by molar-refractivity contribution is 0.0939. The van der Waals surface area contributed by atoms with Crippen molar-refractivity contribution in [1.29, 1.82) is 0 Å². The van der Waals surface area contributed by atoms with Crippen molar-refractivity contribution in [3.05, 3.63) is 106 Å². The van der Waals surface area contributed by atoms with Crippen molar-refractivity contribution in [3.8, 4) is 0 Å². The van der Waals surface area contributed by atoms with E-state index in [1.165, 1.54) is 4.40 Å². The Kier molecular flexibility index (Phi) is 4.63. The number of nitrogens with one attached hydrogen (secondary N) is 1. The summed E-state index contributed by atoms with van der Waals surface area (Å²) in [4.78, 5) is 31.0. The van der Waals surface area contributed by atoms with Gasteiger partial charge >= 0.3 is 0 Å². The monoisotopic (exact) mass is 412 g/mol. The first-order chi connectivity index (χ1) is 15.1. The average molecular weight is 412 g/mol. The molecule has 5 rings (SSSR count). The summed E-state index contributed by atoms with van der Waals surface area (Å²) in [7, 11) is 0. The summed E-state index contributed by atoms with van der Waals surface area (Å²) in [5.41, 5.74) is 3.14. The van der Waals surface area contributed by atoms with Gasteiger partial charge in [0.15, 0.2) is 0 Å². The second-order valence-electron chi connectivity index (χ2n) is 7.40. The minimum Gasteiger partial charge on any atom is -0.467 e. The number of furan rings is 1. The Bertz CT molecular complexity index is 1450. The Morgan fingerprint density at radius 3 is 2.68 bits per heavy atom. The van der Waals surface area contributed by atoms with E-state index in [0.717, 1.165) is 11.1 Å². The largest absolute Gasteiger partial charge is 0.467 e. The lowest BCUT2D eigenvalue weighted by atomic mass is 10.2. The lowest BCUT2D eigenvalue weighted by Crippen LogP contribution is -2.25. The molecule has 1 N–H and O–H groups in total. The van der Waals surface area contributed by atoms with E-state index in [1.807, 2.05) is 49.4 Å². The third-order valence-electron chi connectivity index (χ3n) is 5.31. The molecule has 0 aliphatic carbocycles. The number of aryl methyl sites for hydroxylation is 1. The van der Waals surface area contributed by atoms with Crippen molar-refractivity contribution in [3.63, 3.8) is 0 Å². The summed E-state index contributed by atoms with van der Waals surface area (Å²) in [6.45, 7) is 2.59. The van der Waals surface area contributed by atoms with Gasteiger partial charge in [-0.1, -0.05) is 36.4 Å². The van der Waals surface area contributed by atoms with Crippen LogP contribution in [0.4, 0.5) is 0 Å². The second kappa shape index (κ2) is 7.60. The number of rotatable bonds is 5. The minimum atomic E-state index is -0.296. The first kappa shape index (κ1) is 18.9. The van der Waals surface area contributed by atoms with Crippen molar-refractivity contribution in [2.24, 2.45) is 0 Å². The number of fused-ring (bicyclic) bond motifs is 2. The van der Waals surface area contributed by atoms with Crippen LogP contribution in [0.15, 0.2) is 82.3 Å². The van der Waals surface area contributed by atoms with Gasteiger partial charge in [-0.05, 0) is 42.3 Å². The van der Waals surface area contributed by atoms with Gasteiger partial charge in [-0.2, -0.15) is 0 Å². The van der Waals surface area contributed by atoms with E-state index in [4.69, 9.17) is 9.40 Å². The predicted octanol–water partition coefficient (Wildman–Crippen LogP) is 3.53. The van der Waals surface area contributed by atoms with Gasteiger partial charge in [0.25, 0.3) is 11.5 Å². The molecule has 31 heavy (non-hydrogen) atoms. The number of nitrogens with zero attached hydrogens (tertiary/aromatic N) is 3. The van der Waals surface area contributed by atoms with E-state index >= 15 is 0 Å². The Balaban J connectivity index is 1.67. The zero-order chi connectivity index (χ0) is 21.4. The van der Waals surface area contributed by atoms with Crippen LogP contribution in [-0.2, 0) is 13.1 Å². The highest BCUT2D eigenvalue weighted by molar-refractivity contribution is 5.98. The molecule has 7 heteroatoms. The smallest absolute Gasteiger partial charge is 0.268 e. The molecule has 7 nitrogen and oxygen atoms in total. The fourth-order valence-corrected chi connectivity index (χ4v) is 3.75. The highest BCUT2D eigenvalue weighted by Gasteiger charge is 2.20. The second-order valence-corrected chi connectivity index (χ2v) is 7.40. The standard InChI is InChI=1S/C24H20N4O3/c1-16-7-5-11-27-21(16)26-22-19(24(27)30)13-20(23(29)25-14-18-10-6-12-31-18)28(22)15-17-8-3-2-4-9-17/h2-13H,14-15H2,1H3,(H,25,29). The molecule has 154 valence electrons. The first-order valence-electron chi connectivity index (χ1n) is 9.97. The van der Waals surface area contributed by atoms with Crippen LogP contribution in [0.2, 0.25) is 0 Å². The Morgan fingerprint density at radius 2 is 1.90 bits per heavy atom. The Morgan fingerprint density at radius 1 is 1.06 bits per heavy atom. The third kappa shape index (κ3) is 3.40. The number of aromatic nitrogens is 3. The van der Waals surface area contributed by atoms with E-state index in [1.54, 1.807) is 35.2 Å². The van der Waals surface area contributed by atoms with Gasteiger partial charge in [-0.3, -0.25) is 14.0 Å². The molecule has 0 aliphatic heterocycles.